The van der Waals surface area contributed by atoms with E-state index in [-0.39, 0.29) is 11.7 Å². The SMILES string of the molecule is O=C(NCCCl)N1CCN=C(c2ccccc2)c2cc([N+](=O)[O-])ccc21. The summed E-state index contributed by atoms with van der Waals surface area (Å²) in [4.78, 5) is 29.4. The number of carbonyl (C=O) groups excluding carboxylic acids is 1. The van der Waals surface area contributed by atoms with Crippen LogP contribution in [-0.4, -0.2) is 42.2 Å². The summed E-state index contributed by atoms with van der Waals surface area (Å²) in [5.41, 5.74) is 2.58. The predicted octanol–water partition coefficient (Wildman–Crippen LogP) is 3.20. The van der Waals surface area contributed by atoms with Gasteiger partial charge in [0.1, 0.15) is 0 Å². The Labute approximate surface area is 155 Å². The van der Waals surface area contributed by atoms with E-state index in [4.69, 9.17) is 11.6 Å². The molecule has 1 aliphatic heterocycles. The van der Waals surface area contributed by atoms with Crippen molar-refractivity contribution in [2.75, 3.05) is 30.4 Å². The first-order chi connectivity index (χ1) is 12.6. The summed E-state index contributed by atoms with van der Waals surface area (Å²) >= 11 is 5.64. The van der Waals surface area contributed by atoms with E-state index in [0.29, 0.717) is 42.5 Å². The van der Waals surface area contributed by atoms with Gasteiger partial charge in [0, 0.05) is 42.2 Å². The number of anilines is 1. The van der Waals surface area contributed by atoms with Crippen LogP contribution in [0.15, 0.2) is 53.5 Å². The molecule has 0 aliphatic carbocycles. The van der Waals surface area contributed by atoms with Crippen molar-refractivity contribution in [1.29, 1.82) is 0 Å². The Bertz CT molecular complexity index is 855. The standard InChI is InChI=1S/C18H17ClN4O3/c19-8-9-21-18(24)22-11-10-20-17(13-4-2-1-3-5-13)15-12-14(23(25)26)6-7-16(15)22/h1-7,12H,8-11H2,(H,21,24). The molecule has 0 radical (unpaired) electrons. The van der Waals surface area contributed by atoms with Gasteiger partial charge in [0.05, 0.1) is 22.9 Å². The van der Waals surface area contributed by atoms with Gasteiger partial charge < -0.3 is 5.32 Å². The predicted molar refractivity (Wildman–Crippen MR) is 102 cm³/mol. The number of aliphatic imine (C=N–C) groups is 1. The summed E-state index contributed by atoms with van der Waals surface area (Å²) in [6, 6.07) is 13.6. The second-order valence-electron chi connectivity index (χ2n) is 5.63. The molecule has 1 N–H and O–H groups in total. The van der Waals surface area contributed by atoms with Gasteiger partial charge in [-0.2, -0.15) is 0 Å². The number of rotatable bonds is 4. The molecule has 0 atom stereocenters. The molecule has 134 valence electrons. The Hall–Kier alpha value is -2.93. The molecule has 8 heteroatoms. The summed E-state index contributed by atoms with van der Waals surface area (Å²) in [7, 11) is 0. The molecule has 2 amide bonds. The number of urea groups is 1. The van der Waals surface area contributed by atoms with Gasteiger partial charge in [-0.05, 0) is 6.07 Å². The van der Waals surface area contributed by atoms with E-state index in [9.17, 15) is 14.9 Å². The minimum atomic E-state index is -0.453. The van der Waals surface area contributed by atoms with Crippen LogP contribution in [0.5, 0.6) is 0 Å². The zero-order valence-corrected chi connectivity index (χ0v) is 14.6. The first-order valence-corrected chi connectivity index (χ1v) is 8.65. The minimum absolute atomic E-state index is 0.0459. The number of nitro groups is 1. The maximum atomic E-state index is 12.5. The van der Waals surface area contributed by atoms with Crippen molar-refractivity contribution in [2.45, 2.75) is 0 Å². The Morgan fingerprint density at radius 3 is 2.73 bits per heavy atom. The lowest BCUT2D eigenvalue weighted by atomic mass is 9.99. The van der Waals surface area contributed by atoms with Crippen LogP contribution in [0.3, 0.4) is 0 Å². The number of halogens is 1. The van der Waals surface area contributed by atoms with Gasteiger partial charge in [-0.15, -0.1) is 11.6 Å². The second kappa shape index (κ2) is 7.97. The molecule has 0 saturated carbocycles. The number of non-ortho nitro benzene ring substituents is 1. The smallest absolute Gasteiger partial charge is 0.321 e. The first-order valence-electron chi connectivity index (χ1n) is 8.12. The highest BCUT2D eigenvalue weighted by Gasteiger charge is 2.26. The Morgan fingerprint density at radius 1 is 1.27 bits per heavy atom. The summed E-state index contributed by atoms with van der Waals surface area (Å²) in [6.07, 6.45) is 0. The number of hydrogen-bond acceptors (Lipinski definition) is 4. The quantitative estimate of drug-likeness (QED) is 0.507. The third-order valence-electron chi connectivity index (χ3n) is 3.99. The summed E-state index contributed by atoms with van der Waals surface area (Å²) in [6.45, 7) is 1.10. The summed E-state index contributed by atoms with van der Waals surface area (Å²) in [5.74, 6) is 0.304. The average molecular weight is 373 g/mol. The molecule has 2 aromatic carbocycles. The lowest BCUT2D eigenvalue weighted by molar-refractivity contribution is -0.384. The first kappa shape index (κ1) is 17.9. The number of hydrogen-bond donors (Lipinski definition) is 1. The number of benzene rings is 2. The maximum absolute atomic E-state index is 12.5. The zero-order chi connectivity index (χ0) is 18.5. The zero-order valence-electron chi connectivity index (χ0n) is 13.9. The van der Waals surface area contributed by atoms with Gasteiger partial charge in [0.25, 0.3) is 5.69 Å². The molecule has 0 aromatic heterocycles. The molecule has 0 unspecified atom stereocenters. The number of nitro benzene ring substituents is 1. The molecule has 26 heavy (non-hydrogen) atoms. The molecule has 0 fully saturated rings. The maximum Gasteiger partial charge on any atom is 0.321 e. The largest absolute Gasteiger partial charge is 0.336 e. The highest BCUT2D eigenvalue weighted by molar-refractivity contribution is 6.19. The fourth-order valence-electron chi connectivity index (χ4n) is 2.83. The lowest BCUT2D eigenvalue weighted by Crippen LogP contribution is -2.42. The number of benzodiazepines with no additional fused rings is 1. The van der Waals surface area contributed by atoms with Crippen LogP contribution in [0.25, 0.3) is 0 Å². The van der Waals surface area contributed by atoms with Crippen LogP contribution >= 0.6 is 11.6 Å². The number of alkyl halides is 1. The average Bonchev–Trinajstić information content (AvgIpc) is 2.86. The lowest BCUT2D eigenvalue weighted by Gasteiger charge is -2.23. The number of nitrogens with one attached hydrogen (secondary N) is 1. The molecule has 0 saturated heterocycles. The normalized spacial score (nSPS) is 13.4. The summed E-state index contributed by atoms with van der Waals surface area (Å²) < 4.78 is 0. The third kappa shape index (κ3) is 3.67. The molecule has 3 rings (SSSR count). The fraction of sp³-hybridized carbons (Fsp3) is 0.222. The van der Waals surface area contributed by atoms with Crippen LogP contribution in [0, 0.1) is 10.1 Å². The van der Waals surface area contributed by atoms with E-state index in [1.807, 2.05) is 30.3 Å². The Morgan fingerprint density at radius 2 is 2.04 bits per heavy atom. The van der Waals surface area contributed by atoms with Crippen LogP contribution in [-0.2, 0) is 0 Å². The molecule has 0 bridgehead atoms. The van der Waals surface area contributed by atoms with E-state index in [1.54, 1.807) is 11.0 Å². The van der Waals surface area contributed by atoms with Crippen molar-refractivity contribution in [1.82, 2.24) is 5.32 Å². The molecular formula is C18H17ClN4O3. The van der Waals surface area contributed by atoms with Crippen LogP contribution in [0.2, 0.25) is 0 Å². The van der Waals surface area contributed by atoms with E-state index >= 15 is 0 Å². The molecule has 2 aromatic rings. The minimum Gasteiger partial charge on any atom is -0.336 e. The van der Waals surface area contributed by atoms with Gasteiger partial charge in [-0.1, -0.05) is 30.3 Å². The molecule has 1 heterocycles. The number of fused-ring (bicyclic) bond motifs is 1. The Balaban J connectivity index is 2.10. The van der Waals surface area contributed by atoms with E-state index in [1.165, 1.54) is 12.1 Å². The van der Waals surface area contributed by atoms with Crippen LogP contribution < -0.4 is 10.2 Å². The van der Waals surface area contributed by atoms with Crippen molar-refractivity contribution in [3.8, 4) is 0 Å². The van der Waals surface area contributed by atoms with Crippen LogP contribution in [0.1, 0.15) is 11.1 Å². The topological polar surface area (TPSA) is 87.8 Å². The van der Waals surface area contributed by atoms with Gasteiger partial charge in [-0.3, -0.25) is 20.0 Å². The molecule has 1 aliphatic rings. The van der Waals surface area contributed by atoms with E-state index < -0.39 is 4.92 Å². The van der Waals surface area contributed by atoms with Gasteiger partial charge in [0.15, 0.2) is 0 Å². The monoisotopic (exact) mass is 372 g/mol. The van der Waals surface area contributed by atoms with Crippen molar-refractivity contribution < 1.29 is 9.72 Å². The van der Waals surface area contributed by atoms with Gasteiger partial charge >= 0.3 is 6.03 Å². The van der Waals surface area contributed by atoms with Crippen molar-refractivity contribution in [3.05, 3.63) is 69.8 Å². The highest BCUT2D eigenvalue weighted by atomic mass is 35.5. The fourth-order valence-corrected chi connectivity index (χ4v) is 2.93. The number of nitrogens with zero attached hydrogens (tertiary/aromatic N) is 3. The van der Waals surface area contributed by atoms with Gasteiger partial charge in [-0.25, -0.2) is 4.79 Å². The number of carbonyl (C=O) groups is 1. The molecule has 0 spiro atoms. The third-order valence-corrected chi connectivity index (χ3v) is 4.18. The molecule has 7 nitrogen and oxygen atoms in total. The van der Waals surface area contributed by atoms with Crippen molar-refractivity contribution in [2.24, 2.45) is 4.99 Å². The van der Waals surface area contributed by atoms with Crippen LogP contribution in [0.4, 0.5) is 16.2 Å². The summed E-state index contributed by atoms with van der Waals surface area (Å²) in [5, 5.41) is 14.0. The van der Waals surface area contributed by atoms with Crippen molar-refractivity contribution in [3.63, 3.8) is 0 Å². The molecular weight excluding hydrogens is 356 g/mol. The van der Waals surface area contributed by atoms with Crippen molar-refractivity contribution >= 4 is 34.7 Å². The second-order valence-corrected chi connectivity index (χ2v) is 6.01. The highest BCUT2D eigenvalue weighted by Crippen LogP contribution is 2.30. The number of amides is 2. The van der Waals surface area contributed by atoms with Gasteiger partial charge in [0.2, 0.25) is 0 Å². The van der Waals surface area contributed by atoms with E-state index in [0.717, 1.165) is 5.56 Å². The van der Waals surface area contributed by atoms with E-state index in [2.05, 4.69) is 10.3 Å². The Kier molecular flexibility index (Phi) is 5.48.